The first-order valence-corrected chi connectivity index (χ1v) is 10.5. The number of likely N-dealkylation sites (tertiary alicyclic amines) is 1. The highest BCUT2D eigenvalue weighted by atomic mass is 16.4. The third kappa shape index (κ3) is 3.44. The molecule has 1 saturated heterocycles. The van der Waals surface area contributed by atoms with Gasteiger partial charge in [-0.15, -0.1) is 0 Å². The quantitative estimate of drug-likeness (QED) is 0.510. The van der Waals surface area contributed by atoms with Crippen molar-refractivity contribution in [3.63, 3.8) is 0 Å². The van der Waals surface area contributed by atoms with E-state index in [-0.39, 0.29) is 12.0 Å². The number of fused-ring (bicyclic) bond motifs is 2. The van der Waals surface area contributed by atoms with Gasteiger partial charge in [-0.2, -0.15) is 0 Å². The molecule has 0 saturated carbocycles. The van der Waals surface area contributed by atoms with E-state index in [1.54, 1.807) is 0 Å². The summed E-state index contributed by atoms with van der Waals surface area (Å²) in [6, 6.07) is 27.0. The van der Waals surface area contributed by atoms with Crippen LogP contribution in [0, 0.1) is 5.92 Å². The molecule has 4 aromatic rings. The van der Waals surface area contributed by atoms with Gasteiger partial charge in [0.2, 0.25) is 0 Å². The van der Waals surface area contributed by atoms with E-state index in [9.17, 15) is 9.90 Å². The number of pyridine rings is 1. The second-order valence-electron chi connectivity index (χ2n) is 8.07. The van der Waals surface area contributed by atoms with Crippen LogP contribution in [0.25, 0.3) is 21.7 Å². The Morgan fingerprint density at radius 3 is 2.57 bits per heavy atom. The maximum absolute atomic E-state index is 11.7. The normalized spacial score (nSPS) is 18.5. The molecular formula is C26H24N2O2. The number of para-hydroxylation sites is 1. The van der Waals surface area contributed by atoms with E-state index >= 15 is 0 Å². The fraction of sp³-hybridized carbons (Fsp3) is 0.231. The van der Waals surface area contributed by atoms with Crippen LogP contribution in [0.5, 0.6) is 0 Å². The standard InChI is InChI=1S/C26H24N2O2/c29-26(30)20-10-6-16-28(17-20)25(22-12-5-9-18-7-1-3-11-21(18)22)24-15-14-19-8-2-4-13-23(19)27-24/h1-5,7-9,11-15,20,25H,6,10,16-17H2,(H,29,30). The molecule has 1 aliphatic rings. The minimum Gasteiger partial charge on any atom is -0.481 e. The summed E-state index contributed by atoms with van der Waals surface area (Å²) in [5.74, 6) is -1.04. The molecule has 0 aliphatic carbocycles. The summed E-state index contributed by atoms with van der Waals surface area (Å²) >= 11 is 0. The van der Waals surface area contributed by atoms with Crippen molar-refractivity contribution in [1.29, 1.82) is 0 Å². The molecule has 2 unspecified atom stereocenters. The number of piperidine rings is 1. The number of hydrogen-bond donors (Lipinski definition) is 1. The Bertz CT molecular complexity index is 1210. The van der Waals surface area contributed by atoms with Crippen LogP contribution in [0.1, 0.15) is 30.1 Å². The van der Waals surface area contributed by atoms with Gasteiger partial charge in [-0.1, -0.05) is 66.7 Å². The van der Waals surface area contributed by atoms with Gasteiger partial charge in [0.25, 0.3) is 0 Å². The zero-order valence-electron chi connectivity index (χ0n) is 16.7. The van der Waals surface area contributed by atoms with Crippen molar-refractivity contribution < 1.29 is 9.90 Å². The first-order valence-electron chi connectivity index (χ1n) is 10.5. The summed E-state index contributed by atoms with van der Waals surface area (Å²) < 4.78 is 0. The Morgan fingerprint density at radius 1 is 0.933 bits per heavy atom. The number of hydrogen-bond acceptors (Lipinski definition) is 3. The number of carboxylic acids is 1. The van der Waals surface area contributed by atoms with Gasteiger partial charge >= 0.3 is 5.97 Å². The van der Waals surface area contributed by atoms with Crippen molar-refractivity contribution in [1.82, 2.24) is 9.88 Å². The van der Waals surface area contributed by atoms with Crippen molar-refractivity contribution in [2.45, 2.75) is 18.9 Å². The molecule has 4 nitrogen and oxygen atoms in total. The predicted octanol–water partition coefficient (Wildman–Crippen LogP) is 5.27. The zero-order valence-corrected chi connectivity index (χ0v) is 16.7. The Hall–Kier alpha value is -3.24. The van der Waals surface area contributed by atoms with Crippen LogP contribution in [-0.4, -0.2) is 34.0 Å². The van der Waals surface area contributed by atoms with Crippen LogP contribution in [0.2, 0.25) is 0 Å². The lowest BCUT2D eigenvalue weighted by Crippen LogP contribution is -2.41. The molecule has 3 aromatic carbocycles. The first kappa shape index (κ1) is 18.8. The monoisotopic (exact) mass is 396 g/mol. The van der Waals surface area contributed by atoms with Crippen molar-refractivity contribution >= 4 is 27.6 Å². The van der Waals surface area contributed by atoms with Crippen LogP contribution < -0.4 is 0 Å². The van der Waals surface area contributed by atoms with Gasteiger partial charge in [-0.3, -0.25) is 14.7 Å². The number of rotatable bonds is 4. The van der Waals surface area contributed by atoms with Crippen molar-refractivity contribution in [3.05, 3.63) is 90.1 Å². The van der Waals surface area contributed by atoms with Gasteiger partial charge in [0, 0.05) is 11.9 Å². The van der Waals surface area contributed by atoms with Crippen LogP contribution in [0.3, 0.4) is 0 Å². The predicted molar refractivity (Wildman–Crippen MR) is 119 cm³/mol. The molecule has 2 atom stereocenters. The molecule has 150 valence electrons. The lowest BCUT2D eigenvalue weighted by molar-refractivity contribution is -0.143. The Balaban J connectivity index is 1.67. The maximum Gasteiger partial charge on any atom is 0.307 e. The molecule has 1 aliphatic heterocycles. The summed E-state index contributed by atoms with van der Waals surface area (Å²) in [5, 5.41) is 13.1. The number of aromatic nitrogens is 1. The smallest absolute Gasteiger partial charge is 0.307 e. The van der Waals surface area contributed by atoms with E-state index in [0.717, 1.165) is 36.0 Å². The molecule has 1 aromatic heterocycles. The Morgan fingerprint density at radius 2 is 1.70 bits per heavy atom. The van der Waals surface area contributed by atoms with Gasteiger partial charge in [-0.05, 0) is 47.9 Å². The van der Waals surface area contributed by atoms with E-state index in [0.29, 0.717) is 6.54 Å². The number of aliphatic carboxylic acids is 1. The van der Waals surface area contributed by atoms with Gasteiger partial charge in [-0.25, -0.2) is 0 Å². The van der Waals surface area contributed by atoms with Crippen molar-refractivity contribution in [2.24, 2.45) is 5.92 Å². The van der Waals surface area contributed by atoms with Gasteiger partial charge in [0.15, 0.2) is 0 Å². The fourth-order valence-electron chi connectivity index (χ4n) is 4.71. The molecule has 0 bridgehead atoms. The molecule has 4 heteroatoms. The number of carboxylic acid groups (broad SMARTS) is 1. The summed E-state index contributed by atoms with van der Waals surface area (Å²) in [4.78, 5) is 19.1. The highest BCUT2D eigenvalue weighted by Gasteiger charge is 2.32. The van der Waals surface area contributed by atoms with Gasteiger partial charge < -0.3 is 5.11 Å². The van der Waals surface area contributed by atoms with Gasteiger partial charge in [0.05, 0.1) is 23.2 Å². The van der Waals surface area contributed by atoms with Gasteiger partial charge in [0.1, 0.15) is 0 Å². The van der Waals surface area contributed by atoms with Crippen LogP contribution in [-0.2, 0) is 4.79 Å². The number of nitrogens with zero attached hydrogens (tertiary/aromatic N) is 2. The lowest BCUT2D eigenvalue weighted by Gasteiger charge is -2.37. The summed E-state index contributed by atoms with van der Waals surface area (Å²) in [6.45, 7) is 1.41. The second kappa shape index (κ2) is 7.88. The van der Waals surface area contributed by atoms with E-state index < -0.39 is 5.97 Å². The van der Waals surface area contributed by atoms with Crippen LogP contribution in [0.15, 0.2) is 78.9 Å². The fourth-order valence-corrected chi connectivity index (χ4v) is 4.71. The zero-order chi connectivity index (χ0) is 20.5. The molecule has 1 N–H and O–H groups in total. The molecule has 0 amide bonds. The summed E-state index contributed by atoms with van der Waals surface area (Å²) in [7, 11) is 0. The van der Waals surface area contributed by atoms with Crippen LogP contribution >= 0.6 is 0 Å². The number of carbonyl (C=O) groups is 1. The minimum absolute atomic E-state index is 0.0807. The van der Waals surface area contributed by atoms with Crippen LogP contribution in [0.4, 0.5) is 0 Å². The largest absolute Gasteiger partial charge is 0.481 e. The topological polar surface area (TPSA) is 53.4 Å². The van der Waals surface area contributed by atoms with Crippen molar-refractivity contribution in [3.8, 4) is 0 Å². The minimum atomic E-state index is -0.706. The Labute approximate surface area is 175 Å². The summed E-state index contributed by atoms with van der Waals surface area (Å²) in [6.07, 6.45) is 1.62. The Kier molecular flexibility index (Phi) is 4.93. The summed E-state index contributed by atoms with van der Waals surface area (Å²) in [5.41, 5.74) is 3.12. The van der Waals surface area contributed by atoms with Crippen molar-refractivity contribution in [2.75, 3.05) is 13.1 Å². The molecule has 1 fully saturated rings. The van der Waals surface area contributed by atoms with E-state index in [1.165, 1.54) is 16.3 Å². The van der Waals surface area contributed by atoms with E-state index in [2.05, 4.69) is 65.6 Å². The first-order chi connectivity index (χ1) is 14.7. The lowest BCUT2D eigenvalue weighted by atomic mass is 9.91. The molecule has 2 heterocycles. The molecule has 0 radical (unpaired) electrons. The third-order valence-electron chi connectivity index (χ3n) is 6.19. The maximum atomic E-state index is 11.7. The molecule has 0 spiro atoms. The molecule has 5 rings (SSSR count). The van der Waals surface area contributed by atoms with E-state index in [4.69, 9.17) is 4.98 Å². The molecular weight excluding hydrogens is 372 g/mol. The average Bonchev–Trinajstić information content (AvgIpc) is 2.79. The highest BCUT2D eigenvalue weighted by Crippen LogP contribution is 2.36. The van der Waals surface area contributed by atoms with E-state index in [1.807, 2.05) is 18.2 Å². The molecule has 30 heavy (non-hydrogen) atoms. The average molecular weight is 396 g/mol. The third-order valence-corrected chi connectivity index (χ3v) is 6.19. The number of benzene rings is 3. The highest BCUT2D eigenvalue weighted by molar-refractivity contribution is 5.86. The SMILES string of the molecule is O=C(O)C1CCCN(C(c2ccc3ccccc3n2)c2cccc3ccccc23)C1. The second-order valence-corrected chi connectivity index (χ2v) is 8.07.